The first kappa shape index (κ1) is 13.9. The Labute approximate surface area is 89.4 Å². The Morgan fingerprint density at radius 1 is 1.33 bits per heavy atom. The molecule has 0 aromatic heterocycles. The lowest BCUT2D eigenvalue weighted by molar-refractivity contribution is -0.161. The summed E-state index contributed by atoms with van der Waals surface area (Å²) >= 11 is 0. The molecule has 0 aliphatic rings. The zero-order chi connectivity index (χ0) is 12.0. The van der Waals surface area contributed by atoms with Gasteiger partial charge in [-0.15, -0.1) is 0 Å². The molecule has 1 N–H and O–H groups in total. The number of hydrogen-bond donors (Lipinski definition) is 1. The second-order valence-corrected chi connectivity index (χ2v) is 3.36. The van der Waals surface area contributed by atoms with Crippen LogP contribution < -0.4 is 0 Å². The first-order valence-electron chi connectivity index (χ1n) is 4.82. The van der Waals surface area contributed by atoms with Crippen molar-refractivity contribution in [1.82, 2.24) is 0 Å². The van der Waals surface area contributed by atoms with Crippen LogP contribution in [0.1, 0.15) is 20.3 Å². The Morgan fingerprint density at radius 3 is 2.13 bits per heavy atom. The van der Waals surface area contributed by atoms with Crippen molar-refractivity contribution in [2.24, 2.45) is 11.8 Å². The van der Waals surface area contributed by atoms with Gasteiger partial charge in [0.15, 0.2) is 0 Å². The van der Waals surface area contributed by atoms with Gasteiger partial charge >= 0.3 is 11.9 Å². The molecule has 3 atom stereocenters. The summed E-state index contributed by atoms with van der Waals surface area (Å²) in [5, 5.41) is 8.87. The fourth-order valence-electron chi connectivity index (χ4n) is 1.53. The molecule has 0 amide bonds. The average molecular weight is 218 g/mol. The molecule has 0 aromatic carbocycles. The summed E-state index contributed by atoms with van der Waals surface area (Å²) in [5.74, 6) is -3.15. The van der Waals surface area contributed by atoms with Crippen LogP contribution in [-0.2, 0) is 19.1 Å². The van der Waals surface area contributed by atoms with Crippen LogP contribution in [0.15, 0.2) is 0 Å². The molecule has 0 heterocycles. The van der Waals surface area contributed by atoms with E-state index >= 15 is 0 Å². The summed E-state index contributed by atoms with van der Waals surface area (Å²) in [6.45, 7) is 3.31. The van der Waals surface area contributed by atoms with Gasteiger partial charge in [0.2, 0.25) is 0 Å². The van der Waals surface area contributed by atoms with Crippen LogP contribution >= 0.6 is 0 Å². The van der Waals surface area contributed by atoms with E-state index in [0.717, 1.165) is 0 Å². The second-order valence-electron chi connectivity index (χ2n) is 3.36. The van der Waals surface area contributed by atoms with Gasteiger partial charge in [-0.1, -0.05) is 13.8 Å². The summed E-state index contributed by atoms with van der Waals surface area (Å²) in [6, 6.07) is 0. The molecule has 0 saturated heterocycles. The fraction of sp³-hybridized carbons (Fsp3) is 0.800. The Balaban J connectivity index is 4.86. The minimum Gasteiger partial charge on any atom is -0.481 e. The largest absolute Gasteiger partial charge is 0.481 e. The number of rotatable bonds is 6. The predicted molar refractivity (Wildman–Crippen MR) is 53.4 cm³/mol. The highest BCUT2D eigenvalue weighted by Gasteiger charge is 2.37. The van der Waals surface area contributed by atoms with E-state index < -0.39 is 29.9 Å². The SMILES string of the molecule is CCC(OC)C(C(=O)OC)C(C)C(=O)O. The highest BCUT2D eigenvalue weighted by molar-refractivity contribution is 5.81. The third-order valence-corrected chi connectivity index (χ3v) is 2.51. The van der Waals surface area contributed by atoms with Crippen LogP contribution in [0.3, 0.4) is 0 Å². The number of ether oxygens (including phenoxy) is 2. The molecular weight excluding hydrogens is 200 g/mol. The molecule has 0 aliphatic carbocycles. The molecule has 0 saturated carbocycles. The van der Waals surface area contributed by atoms with Crippen LogP contribution in [0.5, 0.6) is 0 Å². The number of aliphatic carboxylic acids is 1. The first-order chi connectivity index (χ1) is 6.99. The van der Waals surface area contributed by atoms with Gasteiger partial charge in [0.05, 0.1) is 25.0 Å². The smallest absolute Gasteiger partial charge is 0.312 e. The molecule has 5 heteroatoms. The average Bonchev–Trinajstić information content (AvgIpc) is 2.23. The van der Waals surface area contributed by atoms with Gasteiger partial charge < -0.3 is 14.6 Å². The number of hydrogen-bond acceptors (Lipinski definition) is 4. The molecule has 0 spiro atoms. The van der Waals surface area contributed by atoms with E-state index in [-0.39, 0.29) is 0 Å². The van der Waals surface area contributed by atoms with Crippen LogP contribution in [-0.4, -0.2) is 37.4 Å². The van der Waals surface area contributed by atoms with Crippen molar-refractivity contribution in [2.75, 3.05) is 14.2 Å². The summed E-state index contributed by atoms with van der Waals surface area (Å²) in [6.07, 6.45) is 0.136. The van der Waals surface area contributed by atoms with Crippen molar-refractivity contribution in [3.63, 3.8) is 0 Å². The molecular formula is C10H18O5. The highest BCUT2D eigenvalue weighted by Crippen LogP contribution is 2.22. The van der Waals surface area contributed by atoms with Crippen LogP contribution in [0.25, 0.3) is 0 Å². The van der Waals surface area contributed by atoms with Gasteiger partial charge in [-0.2, -0.15) is 0 Å². The molecule has 0 radical (unpaired) electrons. The molecule has 0 fully saturated rings. The minimum absolute atomic E-state index is 0.427. The summed E-state index contributed by atoms with van der Waals surface area (Å²) in [7, 11) is 2.70. The van der Waals surface area contributed by atoms with Gasteiger partial charge in [-0.25, -0.2) is 0 Å². The van der Waals surface area contributed by atoms with E-state index in [1.54, 1.807) is 0 Å². The van der Waals surface area contributed by atoms with Crippen LogP contribution in [0, 0.1) is 11.8 Å². The van der Waals surface area contributed by atoms with Crippen molar-refractivity contribution in [3.05, 3.63) is 0 Å². The van der Waals surface area contributed by atoms with Crippen molar-refractivity contribution in [3.8, 4) is 0 Å². The van der Waals surface area contributed by atoms with E-state index in [2.05, 4.69) is 4.74 Å². The second kappa shape index (κ2) is 6.40. The van der Waals surface area contributed by atoms with Gasteiger partial charge in [-0.05, 0) is 6.42 Å². The number of carbonyl (C=O) groups excluding carboxylic acids is 1. The monoisotopic (exact) mass is 218 g/mol. The lowest BCUT2D eigenvalue weighted by Gasteiger charge is -2.25. The predicted octanol–water partition coefficient (Wildman–Crippen LogP) is 0.921. The van der Waals surface area contributed by atoms with Crippen LogP contribution in [0.4, 0.5) is 0 Å². The van der Waals surface area contributed by atoms with E-state index in [0.29, 0.717) is 6.42 Å². The Bertz CT molecular complexity index is 222. The third kappa shape index (κ3) is 3.51. The molecule has 0 aromatic rings. The topological polar surface area (TPSA) is 72.8 Å². The number of carbonyl (C=O) groups is 2. The van der Waals surface area contributed by atoms with Crippen molar-refractivity contribution < 1.29 is 24.2 Å². The van der Waals surface area contributed by atoms with E-state index in [1.807, 2.05) is 6.92 Å². The standard InChI is InChI=1S/C10H18O5/c1-5-7(14-3)8(10(13)15-4)6(2)9(11)12/h6-8H,5H2,1-4H3,(H,11,12). The Morgan fingerprint density at radius 2 is 1.87 bits per heavy atom. The molecule has 0 rings (SSSR count). The molecule has 15 heavy (non-hydrogen) atoms. The molecule has 88 valence electrons. The van der Waals surface area contributed by atoms with Gasteiger partial charge in [0.1, 0.15) is 0 Å². The van der Waals surface area contributed by atoms with Gasteiger partial charge in [0, 0.05) is 7.11 Å². The summed E-state index contributed by atoms with van der Waals surface area (Å²) < 4.78 is 9.68. The Kier molecular flexibility index (Phi) is 5.93. The van der Waals surface area contributed by atoms with Gasteiger partial charge in [-0.3, -0.25) is 9.59 Å². The molecule has 3 unspecified atom stereocenters. The zero-order valence-corrected chi connectivity index (χ0v) is 9.52. The van der Waals surface area contributed by atoms with Crippen molar-refractivity contribution in [2.45, 2.75) is 26.4 Å². The van der Waals surface area contributed by atoms with E-state index in [1.165, 1.54) is 21.1 Å². The van der Waals surface area contributed by atoms with Crippen molar-refractivity contribution in [1.29, 1.82) is 0 Å². The third-order valence-electron chi connectivity index (χ3n) is 2.51. The maximum Gasteiger partial charge on any atom is 0.312 e. The lowest BCUT2D eigenvalue weighted by Crippen LogP contribution is -2.38. The van der Waals surface area contributed by atoms with E-state index in [4.69, 9.17) is 9.84 Å². The fourth-order valence-corrected chi connectivity index (χ4v) is 1.53. The quantitative estimate of drug-likeness (QED) is 0.671. The zero-order valence-electron chi connectivity index (χ0n) is 9.52. The maximum absolute atomic E-state index is 11.5. The molecule has 0 bridgehead atoms. The number of carboxylic acids is 1. The minimum atomic E-state index is -1.03. The number of carboxylic acid groups (broad SMARTS) is 1. The lowest BCUT2D eigenvalue weighted by atomic mass is 9.87. The van der Waals surface area contributed by atoms with Gasteiger partial charge in [0.25, 0.3) is 0 Å². The van der Waals surface area contributed by atoms with Crippen LogP contribution in [0.2, 0.25) is 0 Å². The Hall–Kier alpha value is -1.10. The molecule has 5 nitrogen and oxygen atoms in total. The maximum atomic E-state index is 11.5. The number of methoxy groups -OCH3 is 2. The number of esters is 1. The van der Waals surface area contributed by atoms with Crippen molar-refractivity contribution >= 4 is 11.9 Å². The molecule has 0 aliphatic heterocycles. The summed E-state index contributed by atoms with van der Waals surface area (Å²) in [4.78, 5) is 22.3. The normalized spacial score (nSPS) is 16.5. The summed E-state index contributed by atoms with van der Waals surface area (Å²) in [5.41, 5.74) is 0. The first-order valence-corrected chi connectivity index (χ1v) is 4.82. The highest BCUT2D eigenvalue weighted by atomic mass is 16.5. The van der Waals surface area contributed by atoms with E-state index in [9.17, 15) is 9.59 Å².